The van der Waals surface area contributed by atoms with Crippen LogP contribution in [0, 0.1) is 5.82 Å². The predicted octanol–water partition coefficient (Wildman–Crippen LogP) is 5.94. The molecule has 1 aliphatic carbocycles. The number of hydrogen-bond donors (Lipinski definition) is 2. The van der Waals surface area contributed by atoms with Crippen LogP contribution in [-0.4, -0.2) is 51.3 Å². The molecular weight excluding hydrogens is 511 g/mol. The lowest BCUT2D eigenvalue weighted by Gasteiger charge is -2.30. The third kappa shape index (κ3) is 7.71. The SMILES string of the molecule is COCCOCOc1cc2c(c(F)c1NCC(=O)OC(C)(C)C)C[C@H](N[C@@H](C)c1cccc3ccccc13)CC2. The molecule has 40 heavy (non-hydrogen) atoms. The number of fused-ring (bicyclic) bond motifs is 2. The van der Waals surface area contributed by atoms with Crippen LogP contribution < -0.4 is 15.4 Å². The maximum atomic E-state index is 16.1. The Morgan fingerprint density at radius 3 is 2.67 bits per heavy atom. The van der Waals surface area contributed by atoms with Crippen LogP contribution in [-0.2, 0) is 31.8 Å². The Labute approximate surface area is 236 Å². The van der Waals surface area contributed by atoms with Crippen molar-refractivity contribution >= 4 is 22.4 Å². The van der Waals surface area contributed by atoms with E-state index in [1.165, 1.54) is 16.3 Å². The molecule has 0 amide bonds. The Bertz CT molecular complexity index is 1300. The van der Waals surface area contributed by atoms with Crippen LogP contribution in [0.3, 0.4) is 0 Å². The van der Waals surface area contributed by atoms with Crippen LogP contribution in [0.25, 0.3) is 10.8 Å². The van der Waals surface area contributed by atoms with Crippen molar-refractivity contribution in [3.05, 3.63) is 71.0 Å². The first-order valence-electron chi connectivity index (χ1n) is 13.9. The zero-order valence-corrected chi connectivity index (χ0v) is 24.1. The van der Waals surface area contributed by atoms with Gasteiger partial charge in [0.2, 0.25) is 0 Å². The molecule has 0 unspecified atom stereocenters. The van der Waals surface area contributed by atoms with E-state index in [4.69, 9.17) is 18.9 Å². The largest absolute Gasteiger partial charge is 0.465 e. The van der Waals surface area contributed by atoms with E-state index in [-0.39, 0.29) is 31.1 Å². The van der Waals surface area contributed by atoms with Crippen LogP contribution in [0.5, 0.6) is 5.75 Å². The number of carbonyl (C=O) groups is 1. The Kier molecular flexibility index (Phi) is 10.0. The summed E-state index contributed by atoms with van der Waals surface area (Å²) in [5.74, 6) is -0.569. The first-order chi connectivity index (χ1) is 19.2. The molecule has 0 aromatic heterocycles. The maximum absolute atomic E-state index is 16.1. The van der Waals surface area contributed by atoms with E-state index in [1.807, 2.05) is 12.1 Å². The first kappa shape index (κ1) is 29.8. The molecule has 0 saturated carbocycles. The molecule has 216 valence electrons. The van der Waals surface area contributed by atoms with Gasteiger partial charge in [-0.2, -0.15) is 0 Å². The minimum atomic E-state index is -0.638. The van der Waals surface area contributed by atoms with Crippen molar-refractivity contribution in [3.8, 4) is 5.75 Å². The van der Waals surface area contributed by atoms with Gasteiger partial charge in [-0.3, -0.25) is 4.79 Å². The van der Waals surface area contributed by atoms with E-state index < -0.39 is 17.4 Å². The molecule has 8 heteroatoms. The monoisotopic (exact) mass is 552 g/mol. The van der Waals surface area contributed by atoms with Gasteiger partial charge in [0.25, 0.3) is 0 Å². The van der Waals surface area contributed by atoms with Gasteiger partial charge in [0.1, 0.15) is 23.6 Å². The minimum Gasteiger partial charge on any atom is -0.465 e. The fourth-order valence-electron chi connectivity index (χ4n) is 5.18. The summed E-state index contributed by atoms with van der Waals surface area (Å²) in [6.45, 7) is 8.07. The van der Waals surface area contributed by atoms with Gasteiger partial charge in [0.15, 0.2) is 12.6 Å². The normalized spacial score (nSPS) is 15.9. The lowest BCUT2D eigenvalue weighted by Crippen LogP contribution is -2.37. The highest BCUT2D eigenvalue weighted by Crippen LogP contribution is 2.37. The summed E-state index contributed by atoms with van der Waals surface area (Å²) in [7, 11) is 1.59. The average Bonchev–Trinajstić information content (AvgIpc) is 2.91. The van der Waals surface area contributed by atoms with Gasteiger partial charge >= 0.3 is 5.97 Å². The topological polar surface area (TPSA) is 78.0 Å². The number of esters is 1. The molecule has 2 N–H and O–H groups in total. The van der Waals surface area contributed by atoms with E-state index in [1.54, 1.807) is 27.9 Å². The number of rotatable bonds is 12. The van der Waals surface area contributed by atoms with Crippen molar-refractivity contribution < 1.29 is 28.1 Å². The molecule has 0 radical (unpaired) electrons. The molecule has 2 atom stereocenters. The second-order valence-corrected chi connectivity index (χ2v) is 11.2. The van der Waals surface area contributed by atoms with Gasteiger partial charge < -0.3 is 29.6 Å². The van der Waals surface area contributed by atoms with Gasteiger partial charge in [-0.15, -0.1) is 0 Å². The van der Waals surface area contributed by atoms with Crippen molar-refractivity contribution in [2.45, 2.75) is 64.6 Å². The van der Waals surface area contributed by atoms with Gasteiger partial charge in [0, 0.05) is 19.2 Å². The third-order valence-corrected chi connectivity index (χ3v) is 6.97. The number of anilines is 1. The molecule has 0 spiro atoms. The van der Waals surface area contributed by atoms with Crippen molar-refractivity contribution in [1.29, 1.82) is 0 Å². The Balaban J connectivity index is 1.52. The van der Waals surface area contributed by atoms with E-state index in [0.29, 0.717) is 37.4 Å². The Morgan fingerprint density at radius 1 is 1.12 bits per heavy atom. The molecule has 0 heterocycles. The van der Waals surface area contributed by atoms with Crippen molar-refractivity contribution in [1.82, 2.24) is 5.32 Å². The molecule has 0 aliphatic heterocycles. The van der Waals surface area contributed by atoms with Crippen LogP contribution in [0.1, 0.15) is 56.8 Å². The number of nitrogens with one attached hydrogen (secondary N) is 2. The fourth-order valence-corrected chi connectivity index (χ4v) is 5.18. The minimum absolute atomic E-state index is 0.0601. The number of ether oxygens (including phenoxy) is 4. The summed E-state index contributed by atoms with van der Waals surface area (Å²) in [5, 5.41) is 9.09. The van der Waals surface area contributed by atoms with Gasteiger partial charge in [0.05, 0.1) is 13.2 Å². The summed E-state index contributed by atoms with van der Waals surface area (Å²) in [6, 6.07) is 16.8. The maximum Gasteiger partial charge on any atom is 0.325 e. The highest BCUT2D eigenvalue weighted by molar-refractivity contribution is 5.86. The molecule has 0 fully saturated rings. The smallest absolute Gasteiger partial charge is 0.325 e. The fraction of sp³-hybridized carbons (Fsp3) is 0.469. The standard InChI is InChI=1S/C32H41FN2O5/c1-21(25-12-8-10-22-9-6-7-11-26(22)25)35-24-14-13-23-17-28(39-20-38-16-15-37-5)31(30(33)27(23)18-24)34-19-29(36)40-32(2,3)4/h6-12,17,21,24,34-35H,13-16,18-20H2,1-5H3/t21-,24+/m0/s1. The average molecular weight is 553 g/mol. The van der Waals surface area contributed by atoms with Crippen LogP contribution >= 0.6 is 0 Å². The van der Waals surface area contributed by atoms with E-state index >= 15 is 4.39 Å². The highest BCUT2D eigenvalue weighted by atomic mass is 19.1. The zero-order valence-electron chi connectivity index (χ0n) is 24.1. The van der Waals surface area contributed by atoms with Crippen LogP contribution in [0.2, 0.25) is 0 Å². The van der Waals surface area contributed by atoms with Crippen molar-refractivity contribution in [3.63, 3.8) is 0 Å². The quantitative estimate of drug-likeness (QED) is 0.164. The molecule has 3 aromatic carbocycles. The summed E-state index contributed by atoms with van der Waals surface area (Å²) in [4.78, 5) is 12.4. The molecular formula is C32H41FN2O5. The second-order valence-electron chi connectivity index (χ2n) is 11.2. The number of halogens is 1. The molecule has 4 rings (SSSR count). The molecule has 3 aromatic rings. The van der Waals surface area contributed by atoms with Crippen LogP contribution in [0.4, 0.5) is 10.1 Å². The lowest BCUT2D eigenvalue weighted by atomic mass is 9.86. The van der Waals surface area contributed by atoms with Crippen LogP contribution in [0.15, 0.2) is 48.5 Å². The Hall–Kier alpha value is -3.20. The molecule has 7 nitrogen and oxygen atoms in total. The zero-order chi connectivity index (χ0) is 28.7. The van der Waals surface area contributed by atoms with Gasteiger partial charge in [-0.05, 0) is 80.5 Å². The third-order valence-electron chi connectivity index (χ3n) is 6.97. The number of methoxy groups -OCH3 is 1. The summed E-state index contributed by atoms with van der Waals surface area (Å²) < 4.78 is 37.7. The molecule has 0 saturated heterocycles. The number of carbonyl (C=O) groups excluding carboxylic acids is 1. The molecule has 0 bridgehead atoms. The van der Waals surface area contributed by atoms with E-state index in [9.17, 15) is 4.79 Å². The van der Waals surface area contributed by atoms with Crippen molar-refractivity contribution in [2.24, 2.45) is 0 Å². The molecule has 1 aliphatic rings. The first-order valence-corrected chi connectivity index (χ1v) is 13.9. The van der Waals surface area contributed by atoms with E-state index in [0.717, 1.165) is 12.0 Å². The summed E-state index contributed by atoms with van der Waals surface area (Å²) >= 11 is 0. The van der Waals surface area contributed by atoms with E-state index in [2.05, 4.69) is 54.0 Å². The number of benzene rings is 3. The summed E-state index contributed by atoms with van der Waals surface area (Å²) in [6.07, 6.45) is 2.11. The number of hydrogen-bond acceptors (Lipinski definition) is 7. The highest BCUT2D eigenvalue weighted by Gasteiger charge is 2.28. The second kappa shape index (κ2) is 13.4. The van der Waals surface area contributed by atoms with Crippen molar-refractivity contribution in [2.75, 3.05) is 39.0 Å². The van der Waals surface area contributed by atoms with Gasteiger partial charge in [-0.25, -0.2) is 4.39 Å². The Morgan fingerprint density at radius 2 is 1.90 bits per heavy atom. The lowest BCUT2D eigenvalue weighted by molar-refractivity contribution is -0.152. The summed E-state index contributed by atoms with van der Waals surface area (Å²) in [5.41, 5.74) is 2.27. The van der Waals surface area contributed by atoms with Gasteiger partial charge in [-0.1, -0.05) is 42.5 Å². The predicted molar refractivity (Wildman–Crippen MR) is 155 cm³/mol. The number of aryl methyl sites for hydroxylation is 1.